The fraction of sp³-hybridized carbons (Fsp3) is 1.00. The predicted octanol–water partition coefficient (Wildman–Crippen LogP) is -0.0429. The average Bonchev–Trinajstić information content (AvgIpc) is 1.76. The van der Waals surface area contributed by atoms with Gasteiger partial charge >= 0.3 is 0 Å². The molecule has 0 aromatic heterocycles. The summed E-state index contributed by atoms with van der Waals surface area (Å²) in [5.41, 5.74) is -0.0451. The van der Waals surface area contributed by atoms with Crippen LogP contribution in [0.25, 0.3) is 0 Å². The van der Waals surface area contributed by atoms with E-state index in [1.54, 1.807) is 0 Å². The van der Waals surface area contributed by atoms with Crippen molar-refractivity contribution < 1.29 is 0 Å². The maximum atomic E-state index is 3.56. The first-order valence-corrected chi connectivity index (χ1v) is 6.58. The Hall–Kier alpha value is 0.0969. The van der Waals surface area contributed by atoms with Crippen LogP contribution < -0.4 is 16.0 Å². The molecule has 0 radical (unpaired) electrons. The summed E-state index contributed by atoms with van der Waals surface area (Å²) >= 11 is 0. The van der Waals surface area contributed by atoms with Gasteiger partial charge in [-0.3, -0.25) is 16.0 Å². The highest BCUT2D eigenvalue weighted by molar-refractivity contribution is 6.14. The van der Waals surface area contributed by atoms with Crippen molar-refractivity contribution in [3.63, 3.8) is 0 Å². The van der Waals surface area contributed by atoms with Crippen molar-refractivity contribution in [3.8, 4) is 0 Å². The largest absolute Gasteiger partial charge is 0.289 e. The van der Waals surface area contributed by atoms with E-state index in [1.807, 2.05) is 0 Å². The van der Waals surface area contributed by atoms with Gasteiger partial charge in [0.2, 0.25) is 0 Å². The SMILES string of the molecule is CC(C)NC([SiH3])(NC(C)C)NC(C)C. The molecule has 0 aromatic rings. The van der Waals surface area contributed by atoms with E-state index in [2.05, 4.69) is 57.5 Å². The van der Waals surface area contributed by atoms with Crippen LogP contribution >= 0.6 is 0 Å². The first kappa shape index (κ1) is 14.1. The molecule has 0 unspecified atom stereocenters. The number of nitrogens with one attached hydrogen (secondary N) is 3. The Balaban J connectivity index is 4.32. The van der Waals surface area contributed by atoms with Crippen molar-refractivity contribution in [2.45, 2.75) is 65.1 Å². The Morgan fingerprint density at radius 1 is 0.714 bits per heavy atom. The van der Waals surface area contributed by atoms with Crippen LogP contribution in [0, 0.1) is 0 Å². The van der Waals surface area contributed by atoms with E-state index < -0.39 is 0 Å². The van der Waals surface area contributed by atoms with Crippen molar-refractivity contribution in [2.75, 3.05) is 0 Å². The minimum absolute atomic E-state index is 0.0451. The lowest BCUT2D eigenvalue weighted by molar-refractivity contribution is 0.247. The van der Waals surface area contributed by atoms with E-state index in [4.69, 9.17) is 0 Å². The second kappa shape index (κ2) is 5.85. The van der Waals surface area contributed by atoms with Crippen molar-refractivity contribution in [2.24, 2.45) is 0 Å². The van der Waals surface area contributed by atoms with Crippen molar-refractivity contribution in [3.05, 3.63) is 0 Å². The highest BCUT2D eigenvalue weighted by atomic mass is 28.1. The van der Waals surface area contributed by atoms with Crippen LogP contribution in [0.5, 0.6) is 0 Å². The zero-order chi connectivity index (χ0) is 11.4. The van der Waals surface area contributed by atoms with Crippen LogP contribution in [0.1, 0.15) is 41.5 Å². The van der Waals surface area contributed by atoms with E-state index >= 15 is 0 Å². The first-order valence-electron chi connectivity index (χ1n) is 5.58. The van der Waals surface area contributed by atoms with Gasteiger partial charge in [-0.15, -0.1) is 0 Å². The van der Waals surface area contributed by atoms with Gasteiger partial charge in [0.05, 0.1) is 15.7 Å². The highest BCUT2D eigenvalue weighted by Crippen LogP contribution is 1.97. The summed E-state index contributed by atoms with van der Waals surface area (Å²) in [5, 5.41) is 10.7. The molecule has 0 fully saturated rings. The third-order valence-corrected chi connectivity index (χ3v) is 2.60. The van der Waals surface area contributed by atoms with E-state index in [1.165, 1.54) is 0 Å². The third-order valence-electron chi connectivity index (χ3n) is 1.73. The molecule has 0 aliphatic rings. The minimum atomic E-state index is -0.0451. The fourth-order valence-corrected chi connectivity index (χ4v) is 3.59. The minimum Gasteiger partial charge on any atom is -0.289 e. The molecule has 86 valence electrons. The Morgan fingerprint density at radius 3 is 1.07 bits per heavy atom. The zero-order valence-corrected chi connectivity index (χ0v) is 12.7. The maximum absolute atomic E-state index is 3.56. The lowest BCUT2D eigenvalue weighted by Crippen LogP contribution is -2.71. The molecule has 0 atom stereocenters. The molecule has 0 rings (SSSR count). The zero-order valence-electron chi connectivity index (χ0n) is 10.7. The predicted molar refractivity (Wildman–Crippen MR) is 67.5 cm³/mol. The molecule has 0 amide bonds. The molecule has 0 saturated carbocycles. The first-order chi connectivity index (χ1) is 6.25. The van der Waals surface area contributed by atoms with E-state index in [0.29, 0.717) is 18.1 Å². The number of rotatable bonds is 6. The normalized spacial score (nSPS) is 13.5. The van der Waals surface area contributed by atoms with E-state index in [0.717, 1.165) is 10.2 Å². The maximum Gasteiger partial charge on any atom is 0.0977 e. The van der Waals surface area contributed by atoms with Crippen molar-refractivity contribution in [1.29, 1.82) is 0 Å². The molecule has 0 spiro atoms. The van der Waals surface area contributed by atoms with Gasteiger partial charge in [-0.2, -0.15) is 0 Å². The average molecular weight is 217 g/mol. The molecule has 4 heteroatoms. The molecule has 0 heterocycles. The Labute approximate surface area is 91.8 Å². The molecular weight excluding hydrogens is 190 g/mol. The van der Waals surface area contributed by atoms with Crippen LogP contribution in [0.4, 0.5) is 0 Å². The standard InChI is InChI=1S/C10H27N3Si/c1-7(2)11-10(14,12-8(3)4)13-9(5)6/h7-9,11-13H,1-6,14H3. The molecule has 0 aromatic carbocycles. The summed E-state index contributed by atoms with van der Waals surface area (Å²) in [6.45, 7) is 13.1. The Bertz CT molecular complexity index is 131. The molecule has 0 bridgehead atoms. The summed E-state index contributed by atoms with van der Waals surface area (Å²) in [6.07, 6.45) is 0. The molecule has 0 aliphatic carbocycles. The van der Waals surface area contributed by atoms with Gasteiger partial charge in [0.25, 0.3) is 0 Å². The van der Waals surface area contributed by atoms with Crippen molar-refractivity contribution in [1.82, 2.24) is 16.0 Å². The number of hydrogen-bond acceptors (Lipinski definition) is 3. The highest BCUT2D eigenvalue weighted by Gasteiger charge is 2.24. The van der Waals surface area contributed by atoms with E-state index in [-0.39, 0.29) is 5.41 Å². The molecule has 14 heavy (non-hydrogen) atoms. The van der Waals surface area contributed by atoms with Gasteiger partial charge in [0, 0.05) is 18.1 Å². The van der Waals surface area contributed by atoms with Crippen LogP contribution in [-0.4, -0.2) is 33.8 Å². The second-order valence-corrected chi connectivity index (χ2v) is 6.52. The lowest BCUT2D eigenvalue weighted by Gasteiger charge is -2.38. The van der Waals surface area contributed by atoms with Crippen LogP contribution in [0.2, 0.25) is 0 Å². The third kappa shape index (κ3) is 6.54. The topological polar surface area (TPSA) is 36.1 Å². The molecular formula is C10H27N3Si. The summed E-state index contributed by atoms with van der Waals surface area (Å²) in [6, 6.07) is 1.47. The molecule has 0 saturated heterocycles. The van der Waals surface area contributed by atoms with Gasteiger partial charge < -0.3 is 0 Å². The second-order valence-electron chi connectivity index (χ2n) is 5.02. The molecule has 3 nitrogen and oxygen atoms in total. The molecule has 3 N–H and O–H groups in total. The van der Waals surface area contributed by atoms with Gasteiger partial charge in [-0.05, 0) is 41.5 Å². The van der Waals surface area contributed by atoms with Crippen LogP contribution in [0.15, 0.2) is 0 Å². The Kier molecular flexibility index (Phi) is 5.89. The van der Waals surface area contributed by atoms with Crippen molar-refractivity contribution >= 4 is 10.2 Å². The molecule has 0 aliphatic heterocycles. The summed E-state index contributed by atoms with van der Waals surface area (Å²) in [5.74, 6) is 0. The lowest BCUT2D eigenvalue weighted by atomic mass is 10.3. The number of hydrogen-bond donors (Lipinski definition) is 3. The van der Waals surface area contributed by atoms with E-state index in [9.17, 15) is 0 Å². The summed E-state index contributed by atoms with van der Waals surface area (Å²) in [7, 11) is 1.03. The summed E-state index contributed by atoms with van der Waals surface area (Å²) in [4.78, 5) is 0. The Morgan fingerprint density at radius 2 is 0.929 bits per heavy atom. The quantitative estimate of drug-likeness (QED) is 0.431. The van der Waals surface area contributed by atoms with Gasteiger partial charge in [0.1, 0.15) is 0 Å². The monoisotopic (exact) mass is 217 g/mol. The van der Waals surface area contributed by atoms with Crippen LogP contribution in [0.3, 0.4) is 0 Å². The van der Waals surface area contributed by atoms with Gasteiger partial charge in [-0.25, -0.2) is 0 Å². The van der Waals surface area contributed by atoms with Gasteiger partial charge in [-0.1, -0.05) is 0 Å². The van der Waals surface area contributed by atoms with Crippen LogP contribution in [-0.2, 0) is 0 Å². The van der Waals surface area contributed by atoms with Gasteiger partial charge in [0.15, 0.2) is 0 Å². The summed E-state index contributed by atoms with van der Waals surface area (Å²) < 4.78 is 0. The fourth-order valence-electron chi connectivity index (χ4n) is 1.86. The smallest absolute Gasteiger partial charge is 0.0977 e.